The van der Waals surface area contributed by atoms with E-state index in [-0.39, 0.29) is 24.2 Å². The Morgan fingerprint density at radius 1 is 1.21 bits per heavy atom. The van der Waals surface area contributed by atoms with Gasteiger partial charge in [-0.25, -0.2) is 0 Å². The standard InChI is InChI=1S/C19H24N2O3/c1-12-17(14(3)23)13(2)21-18(12)19(24)20-11-16(9-10-22)15-7-5-4-6-8-15/h4-8,16,21-22H,9-11H2,1-3H3,(H,20,24). The fraction of sp³-hybridized carbons (Fsp3) is 0.368. The van der Waals surface area contributed by atoms with Crippen molar-refractivity contribution >= 4 is 11.7 Å². The number of rotatable bonds is 7. The van der Waals surface area contributed by atoms with Gasteiger partial charge in [-0.05, 0) is 38.3 Å². The molecule has 5 nitrogen and oxygen atoms in total. The third-order valence-electron chi connectivity index (χ3n) is 4.27. The number of ketones is 1. The zero-order valence-electron chi connectivity index (χ0n) is 14.3. The van der Waals surface area contributed by atoms with Crippen LogP contribution in [0.4, 0.5) is 0 Å². The minimum Gasteiger partial charge on any atom is -0.396 e. The topological polar surface area (TPSA) is 82.2 Å². The normalized spacial score (nSPS) is 12.0. The highest BCUT2D eigenvalue weighted by atomic mass is 16.3. The van der Waals surface area contributed by atoms with Crippen LogP contribution in [0.1, 0.15) is 56.9 Å². The summed E-state index contributed by atoms with van der Waals surface area (Å²) in [7, 11) is 0. The van der Waals surface area contributed by atoms with Crippen molar-refractivity contribution in [2.45, 2.75) is 33.1 Å². The van der Waals surface area contributed by atoms with Crippen molar-refractivity contribution in [1.82, 2.24) is 10.3 Å². The number of Topliss-reactive ketones (excluding diaryl/α,β-unsaturated/α-hetero) is 1. The molecule has 0 aliphatic carbocycles. The molecule has 2 rings (SSSR count). The number of carbonyl (C=O) groups is 2. The van der Waals surface area contributed by atoms with E-state index in [1.165, 1.54) is 6.92 Å². The van der Waals surface area contributed by atoms with Crippen molar-refractivity contribution < 1.29 is 14.7 Å². The molecule has 24 heavy (non-hydrogen) atoms. The Hall–Kier alpha value is -2.40. The Labute approximate surface area is 142 Å². The number of aromatic amines is 1. The largest absolute Gasteiger partial charge is 0.396 e. The van der Waals surface area contributed by atoms with Crippen molar-refractivity contribution in [3.05, 3.63) is 58.4 Å². The van der Waals surface area contributed by atoms with Gasteiger partial charge >= 0.3 is 0 Å². The van der Waals surface area contributed by atoms with Crippen molar-refractivity contribution in [1.29, 1.82) is 0 Å². The summed E-state index contributed by atoms with van der Waals surface area (Å²) in [5, 5.41) is 12.2. The van der Waals surface area contributed by atoms with Gasteiger partial charge in [-0.3, -0.25) is 9.59 Å². The molecule has 0 radical (unpaired) electrons. The highest BCUT2D eigenvalue weighted by molar-refractivity contribution is 6.02. The van der Waals surface area contributed by atoms with Crippen molar-refractivity contribution in [2.75, 3.05) is 13.2 Å². The first kappa shape index (κ1) is 17.9. The molecule has 3 N–H and O–H groups in total. The van der Waals surface area contributed by atoms with Gasteiger partial charge in [-0.1, -0.05) is 30.3 Å². The Kier molecular flexibility index (Phi) is 5.93. The fourth-order valence-electron chi connectivity index (χ4n) is 3.08. The summed E-state index contributed by atoms with van der Waals surface area (Å²) in [6.45, 7) is 5.55. The first-order valence-electron chi connectivity index (χ1n) is 8.09. The van der Waals surface area contributed by atoms with Gasteiger partial charge in [-0.2, -0.15) is 0 Å². The van der Waals surface area contributed by atoms with Crippen molar-refractivity contribution in [3.63, 3.8) is 0 Å². The van der Waals surface area contributed by atoms with Gasteiger partial charge in [0.1, 0.15) is 5.69 Å². The third kappa shape index (κ3) is 3.92. The Balaban J connectivity index is 2.12. The second kappa shape index (κ2) is 7.93. The second-order valence-corrected chi connectivity index (χ2v) is 6.01. The minimum absolute atomic E-state index is 0.0452. The maximum atomic E-state index is 12.5. The van der Waals surface area contributed by atoms with Gasteiger partial charge in [-0.15, -0.1) is 0 Å². The molecule has 1 aromatic heterocycles. The van der Waals surface area contributed by atoms with E-state index in [9.17, 15) is 14.7 Å². The number of aromatic nitrogens is 1. The second-order valence-electron chi connectivity index (χ2n) is 6.01. The van der Waals surface area contributed by atoms with E-state index in [0.29, 0.717) is 35.5 Å². The van der Waals surface area contributed by atoms with Crippen LogP contribution >= 0.6 is 0 Å². The summed E-state index contributed by atoms with van der Waals surface area (Å²) in [5.74, 6) is -0.242. The molecule has 1 atom stereocenters. The zero-order chi connectivity index (χ0) is 17.7. The predicted octanol–water partition coefficient (Wildman–Crippen LogP) is 2.73. The van der Waals surface area contributed by atoms with Crippen LogP contribution < -0.4 is 5.32 Å². The summed E-state index contributed by atoms with van der Waals surface area (Å²) in [5.41, 5.74) is 3.47. The lowest BCUT2D eigenvalue weighted by atomic mass is 9.96. The number of carbonyl (C=O) groups excluding carboxylic acids is 2. The number of aliphatic hydroxyl groups excluding tert-OH is 1. The van der Waals surface area contributed by atoms with Crippen LogP contribution in [0.3, 0.4) is 0 Å². The van der Waals surface area contributed by atoms with E-state index in [1.807, 2.05) is 30.3 Å². The lowest BCUT2D eigenvalue weighted by Gasteiger charge is -2.17. The van der Waals surface area contributed by atoms with Gasteiger partial charge in [0, 0.05) is 30.3 Å². The number of amides is 1. The lowest BCUT2D eigenvalue weighted by Crippen LogP contribution is -2.29. The van der Waals surface area contributed by atoms with Crippen LogP contribution in [0.15, 0.2) is 30.3 Å². The summed E-state index contributed by atoms with van der Waals surface area (Å²) in [6, 6.07) is 9.81. The van der Waals surface area contributed by atoms with E-state index >= 15 is 0 Å². The summed E-state index contributed by atoms with van der Waals surface area (Å²) >= 11 is 0. The molecule has 1 aromatic carbocycles. The molecule has 0 bridgehead atoms. The maximum Gasteiger partial charge on any atom is 0.268 e. The molecule has 1 heterocycles. The van der Waals surface area contributed by atoms with Gasteiger partial charge < -0.3 is 15.4 Å². The monoisotopic (exact) mass is 328 g/mol. The highest BCUT2D eigenvalue weighted by Gasteiger charge is 2.20. The molecule has 0 saturated carbocycles. The molecular formula is C19H24N2O3. The molecule has 5 heteroatoms. The summed E-state index contributed by atoms with van der Waals surface area (Å²) in [4.78, 5) is 27.2. The number of nitrogens with one attached hydrogen (secondary N) is 2. The molecule has 0 saturated heterocycles. The van der Waals surface area contributed by atoms with E-state index in [2.05, 4.69) is 10.3 Å². The summed E-state index contributed by atoms with van der Waals surface area (Å²) < 4.78 is 0. The van der Waals surface area contributed by atoms with Crippen LogP contribution in [0.5, 0.6) is 0 Å². The van der Waals surface area contributed by atoms with Gasteiger partial charge in [0.2, 0.25) is 0 Å². The number of H-pyrrole nitrogens is 1. The molecular weight excluding hydrogens is 304 g/mol. The lowest BCUT2D eigenvalue weighted by molar-refractivity contribution is 0.0944. The number of aryl methyl sites for hydroxylation is 1. The Bertz CT molecular complexity index is 720. The predicted molar refractivity (Wildman–Crippen MR) is 93.5 cm³/mol. The minimum atomic E-state index is -0.234. The quantitative estimate of drug-likeness (QED) is 0.684. The van der Waals surface area contributed by atoms with E-state index in [1.54, 1.807) is 13.8 Å². The molecule has 0 fully saturated rings. The Morgan fingerprint density at radius 2 is 1.88 bits per heavy atom. The third-order valence-corrected chi connectivity index (χ3v) is 4.27. The zero-order valence-corrected chi connectivity index (χ0v) is 14.3. The molecule has 128 valence electrons. The number of hydrogen-bond acceptors (Lipinski definition) is 3. The van der Waals surface area contributed by atoms with E-state index in [4.69, 9.17) is 0 Å². The van der Waals surface area contributed by atoms with Crippen LogP contribution in [0.2, 0.25) is 0 Å². The molecule has 1 unspecified atom stereocenters. The smallest absolute Gasteiger partial charge is 0.268 e. The maximum absolute atomic E-state index is 12.5. The molecule has 1 amide bonds. The number of aliphatic hydroxyl groups is 1. The van der Waals surface area contributed by atoms with Gasteiger partial charge in [0.25, 0.3) is 5.91 Å². The van der Waals surface area contributed by atoms with Crippen LogP contribution in [-0.2, 0) is 0 Å². The first-order chi connectivity index (χ1) is 11.5. The Morgan fingerprint density at radius 3 is 2.42 bits per heavy atom. The molecule has 0 aliphatic heterocycles. The average molecular weight is 328 g/mol. The van der Waals surface area contributed by atoms with Gasteiger partial charge in [0.05, 0.1) is 0 Å². The van der Waals surface area contributed by atoms with Crippen LogP contribution in [-0.4, -0.2) is 34.9 Å². The number of hydrogen-bond donors (Lipinski definition) is 3. The molecule has 0 aliphatic rings. The first-order valence-corrected chi connectivity index (χ1v) is 8.09. The molecule has 0 spiro atoms. The average Bonchev–Trinajstić information content (AvgIpc) is 2.86. The molecule has 2 aromatic rings. The SMILES string of the molecule is CC(=O)c1c(C)[nH]c(C(=O)NCC(CCO)c2ccccc2)c1C. The van der Waals surface area contributed by atoms with Crippen molar-refractivity contribution in [2.24, 2.45) is 0 Å². The van der Waals surface area contributed by atoms with E-state index < -0.39 is 0 Å². The fourth-order valence-corrected chi connectivity index (χ4v) is 3.08. The number of benzene rings is 1. The van der Waals surface area contributed by atoms with Crippen molar-refractivity contribution in [3.8, 4) is 0 Å². The van der Waals surface area contributed by atoms with Gasteiger partial charge in [0.15, 0.2) is 5.78 Å². The van der Waals surface area contributed by atoms with Crippen LogP contribution in [0, 0.1) is 13.8 Å². The van der Waals surface area contributed by atoms with E-state index in [0.717, 1.165) is 5.56 Å². The highest BCUT2D eigenvalue weighted by Crippen LogP contribution is 2.20. The summed E-state index contributed by atoms with van der Waals surface area (Å²) in [6.07, 6.45) is 0.575. The van der Waals surface area contributed by atoms with Crippen LogP contribution in [0.25, 0.3) is 0 Å².